The van der Waals surface area contributed by atoms with Crippen LogP contribution in [0.3, 0.4) is 0 Å². The second-order valence-electron chi connectivity index (χ2n) is 18.3. The zero-order valence-electron chi connectivity index (χ0n) is 38.8. The normalized spacial score (nSPS) is 20.3. The van der Waals surface area contributed by atoms with Crippen molar-refractivity contribution in [3.8, 4) is 10.4 Å². The first-order valence-corrected chi connectivity index (χ1v) is 24.2. The Bertz CT molecular complexity index is 2110. The van der Waals surface area contributed by atoms with Crippen molar-refractivity contribution in [3.63, 3.8) is 0 Å². The van der Waals surface area contributed by atoms with Crippen LogP contribution < -0.4 is 21.3 Å². The van der Waals surface area contributed by atoms with Crippen LogP contribution in [0, 0.1) is 24.2 Å². The lowest BCUT2D eigenvalue weighted by atomic mass is 9.77. The second kappa shape index (κ2) is 25.0. The van der Waals surface area contributed by atoms with Gasteiger partial charge in [0.05, 0.1) is 93.2 Å². The van der Waals surface area contributed by atoms with E-state index in [0.29, 0.717) is 72.4 Å². The number of ether oxygens (including phenoxy) is 4. The Balaban J connectivity index is 0.770. The summed E-state index contributed by atoms with van der Waals surface area (Å²) in [6.45, 7) is 14.1. The van der Waals surface area contributed by atoms with E-state index >= 15 is 0 Å². The molecule has 0 aliphatic heterocycles. The summed E-state index contributed by atoms with van der Waals surface area (Å²) < 4.78 is 24.5. The standard InChI is InChI=1S/C48H70N8O8S/c1-6-7-35-27-42(56-41(53-35)14-16-52-56)54-36-12-13-37(26-36)55-43(58)15-18-61-20-22-63-24-25-64-23-21-62-19-17-49-46(48(3,4)5)44(59)39-28-38(57)29-40(39)47(60)50-30-33-8-10-34(11-9-33)45-32(2)51-31-65-45/h8-11,14,16,27,31,36-40,46,49,54,57H,6-7,12-13,15,17-26,28-30H2,1-5H3,(H,50,60)(H,55,58)/t36-,37-,38+,39?,40-,46-/m1/s1. The molecule has 5 N–H and O–H groups in total. The molecule has 1 aromatic carbocycles. The number of rotatable bonds is 27. The Hall–Kier alpha value is -4.36. The molecule has 65 heavy (non-hydrogen) atoms. The molecule has 6 atom stereocenters. The molecule has 3 aromatic heterocycles. The number of aliphatic hydroxyl groups is 1. The Morgan fingerprint density at radius 2 is 1.57 bits per heavy atom. The van der Waals surface area contributed by atoms with Gasteiger partial charge in [-0.3, -0.25) is 14.4 Å². The zero-order chi connectivity index (χ0) is 46.2. The van der Waals surface area contributed by atoms with Crippen LogP contribution in [0.25, 0.3) is 16.1 Å². The van der Waals surface area contributed by atoms with Crippen molar-refractivity contribution >= 4 is 40.4 Å². The number of ketones is 1. The minimum absolute atomic E-state index is 0.00824. The fraction of sp³-hybridized carbons (Fsp3) is 0.625. The average molecular weight is 919 g/mol. The van der Waals surface area contributed by atoms with Crippen molar-refractivity contribution in [1.82, 2.24) is 35.5 Å². The zero-order valence-corrected chi connectivity index (χ0v) is 39.6. The molecule has 0 bridgehead atoms. The number of Topliss-reactive ketones (excluding diaryl/α,β-unsaturated/α-hetero) is 1. The quantitative estimate of drug-likeness (QED) is 0.0484. The van der Waals surface area contributed by atoms with Crippen molar-refractivity contribution in [2.45, 2.75) is 117 Å². The molecule has 0 saturated heterocycles. The number of carbonyl (C=O) groups is 3. The van der Waals surface area contributed by atoms with Gasteiger partial charge in [0, 0.05) is 55.3 Å². The molecule has 2 amide bonds. The van der Waals surface area contributed by atoms with Gasteiger partial charge in [-0.15, -0.1) is 11.3 Å². The molecule has 2 aliphatic carbocycles. The van der Waals surface area contributed by atoms with Crippen LogP contribution in [-0.2, 0) is 46.3 Å². The largest absolute Gasteiger partial charge is 0.393 e. The average Bonchev–Trinajstić information content (AvgIpc) is 4.11. The van der Waals surface area contributed by atoms with Crippen molar-refractivity contribution in [2.24, 2.45) is 17.3 Å². The highest BCUT2D eigenvalue weighted by Crippen LogP contribution is 2.37. The van der Waals surface area contributed by atoms with Gasteiger partial charge in [0.25, 0.3) is 0 Å². The Labute approximate surface area is 387 Å². The maximum atomic E-state index is 14.0. The van der Waals surface area contributed by atoms with Crippen LogP contribution in [0.4, 0.5) is 5.82 Å². The third-order valence-corrected chi connectivity index (χ3v) is 13.0. The van der Waals surface area contributed by atoms with E-state index in [2.05, 4.69) is 49.3 Å². The third-order valence-electron chi connectivity index (χ3n) is 12.1. The van der Waals surface area contributed by atoms with Crippen LogP contribution in [0.1, 0.15) is 89.6 Å². The smallest absolute Gasteiger partial charge is 0.224 e. The molecule has 1 unspecified atom stereocenters. The summed E-state index contributed by atoms with van der Waals surface area (Å²) in [6, 6.07) is 11.9. The first kappa shape index (κ1) is 50.1. The SMILES string of the molecule is CCCc1cc(N[C@@H]2CC[C@@H](NC(=O)CCOCCOCCOCCOCCN[C@H](C(=O)C3C[C@H](O)C[C@H]3C(=O)NCc3ccc(-c4scnc4C)cc3)C(C)(C)C)C2)n2nccc2n1. The van der Waals surface area contributed by atoms with Crippen LogP contribution in [0.15, 0.2) is 48.1 Å². The number of hydrogen-bond acceptors (Lipinski definition) is 14. The lowest BCUT2D eigenvalue weighted by Crippen LogP contribution is -2.51. The summed E-state index contributed by atoms with van der Waals surface area (Å²) in [5, 5.41) is 28.2. The summed E-state index contributed by atoms with van der Waals surface area (Å²) in [5.41, 5.74) is 6.34. The van der Waals surface area contributed by atoms with Gasteiger partial charge in [-0.2, -0.15) is 9.61 Å². The Morgan fingerprint density at radius 3 is 2.25 bits per heavy atom. The van der Waals surface area contributed by atoms with E-state index in [4.69, 9.17) is 18.9 Å². The van der Waals surface area contributed by atoms with Crippen LogP contribution in [0.5, 0.6) is 0 Å². The number of aryl methyl sites for hydroxylation is 2. The first-order valence-electron chi connectivity index (χ1n) is 23.3. The Morgan fingerprint density at radius 1 is 0.892 bits per heavy atom. The lowest BCUT2D eigenvalue weighted by Gasteiger charge is -2.33. The van der Waals surface area contributed by atoms with Crippen molar-refractivity contribution in [2.75, 3.05) is 64.7 Å². The number of fused-ring (bicyclic) bond motifs is 1. The highest BCUT2D eigenvalue weighted by atomic mass is 32.1. The molecule has 2 saturated carbocycles. The van der Waals surface area contributed by atoms with E-state index < -0.39 is 29.4 Å². The lowest BCUT2D eigenvalue weighted by molar-refractivity contribution is -0.135. The fourth-order valence-corrected chi connectivity index (χ4v) is 9.55. The maximum Gasteiger partial charge on any atom is 0.224 e. The highest BCUT2D eigenvalue weighted by molar-refractivity contribution is 7.13. The van der Waals surface area contributed by atoms with E-state index in [-0.39, 0.29) is 42.5 Å². The minimum Gasteiger partial charge on any atom is -0.393 e. The summed E-state index contributed by atoms with van der Waals surface area (Å²) in [7, 11) is 0. The van der Waals surface area contributed by atoms with Crippen molar-refractivity contribution in [1.29, 1.82) is 0 Å². The molecular weight excluding hydrogens is 849 g/mol. The van der Waals surface area contributed by atoms with E-state index in [1.54, 1.807) is 17.5 Å². The second-order valence-corrected chi connectivity index (χ2v) is 19.1. The summed E-state index contributed by atoms with van der Waals surface area (Å²) in [6.07, 6.45) is 6.57. The van der Waals surface area contributed by atoms with E-state index in [1.165, 1.54) is 0 Å². The van der Waals surface area contributed by atoms with E-state index in [9.17, 15) is 19.5 Å². The van der Waals surface area contributed by atoms with E-state index in [1.807, 2.05) is 68.1 Å². The number of carbonyl (C=O) groups excluding carboxylic acids is 3. The van der Waals surface area contributed by atoms with Crippen molar-refractivity contribution < 1.29 is 38.4 Å². The predicted octanol–water partition coefficient (Wildman–Crippen LogP) is 5.30. The van der Waals surface area contributed by atoms with Gasteiger partial charge in [-0.05, 0) is 62.0 Å². The van der Waals surface area contributed by atoms with E-state index in [0.717, 1.165) is 71.0 Å². The summed E-state index contributed by atoms with van der Waals surface area (Å²) in [4.78, 5) is 50.1. The van der Waals surface area contributed by atoms with Gasteiger partial charge in [0.1, 0.15) is 5.82 Å². The fourth-order valence-electron chi connectivity index (χ4n) is 8.74. The topological polar surface area (TPSA) is 200 Å². The number of hydrogen-bond donors (Lipinski definition) is 5. The number of benzene rings is 1. The van der Waals surface area contributed by atoms with Gasteiger partial charge in [-0.1, -0.05) is 58.4 Å². The molecule has 4 aromatic rings. The highest BCUT2D eigenvalue weighted by Gasteiger charge is 2.46. The molecule has 3 heterocycles. The van der Waals surface area contributed by atoms with Crippen LogP contribution >= 0.6 is 11.3 Å². The molecular formula is C48H70N8O8S. The molecule has 6 rings (SSSR count). The van der Waals surface area contributed by atoms with Gasteiger partial charge in [0.2, 0.25) is 11.8 Å². The number of thiazole rings is 1. The molecule has 16 nitrogen and oxygen atoms in total. The van der Waals surface area contributed by atoms with Crippen LogP contribution in [-0.4, -0.2) is 126 Å². The number of aliphatic hydroxyl groups excluding tert-OH is 1. The van der Waals surface area contributed by atoms with Gasteiger partial charge in [-0.25, -0.2) is 9.97 Å². The molecule has 0 radical (unpaired) electrons. The number of aromatic nitrogens is 4. The molecule has 2 fully saturated rings. The molecule has 2 aliphatic rings. The van der Waals surface area contributed by atoms with Crippen molar-refractivity contribution in [3.05, 3.63) is 65.1 Å². The first-order chi connectivity index (χ1) is 31.4. The summed E-state index contributed by atoms with van der Waals surface area (Å²) >= 11 is 1.60. The maximum absolute atomic E-state index is 14.0. The van der Waals surface area contributed by atoms with Gasteiger partial charge < -0.3 is 45.3 Å². The summed E-state index contributed by atoms with van der Waals surface area (Å²) in [5.74, 6) is -0.514. The van der Waals surface area contributed by atoms with Crippen LogP contribution in [0.2, 0.25) is 0 Å². The number of nitrogens with one attached hydrogen (secondary N) is 4. The minimum atomic E-state index is -0.705. The predicted molar refractivity (Wildman–Crippen MR) is 251 cm³/mol. The third kappa shape index (κ3) is 15.1. The molecule has 17 heteroatoms. The van der Waals surface area contributed by atoms with Gasteiger partial charge >= 0.3 is 0 Å². The molecule has 0 spiro atoms. The molecule has 356 valence electrons. The number of nitrogens with zero attached hydrogens (tertiary/aromatic N) is 4. The number of amides is 2. The Kier molecular flexibility index (Phi) is 19.2. The van der Waals surface area contributed by atoms with Gasteiger partial charge in [0.15, 0.2) is 11.4 Å². The number of anilines is 1. The monoisotopic (exact) mass is 919 g/mol.